The lowest BCUT2D eigenvalue weighted by atomic mass is 9.86. The van der Waals surface area contributed by atoms with Crippen molar-refractivity contribution in [3.05, 3.63) is 76.1 Å². The number of hydrogen-bond donors (Lipinski definition) is 1. The van der Waals surface area contributed by atoms with Crippen molar-refractivity contribution in [1.82, 2.24) is 20.0 Å². The van der Waals surface area contributed by atoms with Crippen LogP contribution in [0.5, 0.6) is 0 Å². The zero-order valence-corrected chi connectivity index (χ0v) is 22.5. The number of hydrogen-bond acceptors (Lipinski definition) is 5. The molecule has 1 aliphatic carbocycles. The van der Waals surface area contributed by atoms with Crippen LogP contribution in [0.4, 0.5) is 4.39 Å². The fraction of sp³-hybridized carbons (Fsp3) is 0.419. The van der Waals surface area contributed by atoms with Crippen LogP contribution in [-0.4, -0.2) is 70.5 Å². The molecule has 4 aliphatic rings. The average molecular weight is 545 g/mol. The predicted molar refractivity (Wildman–Crippen MR) is 146 cm³/mol. The maximum absolute atomic E-state index is 13.6. The van der Waals surface area contributed by atoms with E-state index < -0.39 is 11.9 Å². The number of rotatable bonds is 5. The Morgan fingerprint density at radius 1 is 0.925 bits per heavy atom. The van der Waals surface area contributed by atoms with Gasteiger partial charge in [-0.1, -0.05) is 24.3 Å². The number of piperidine rings is 1. The van der Waals surface area contributed by atoms with E-state index in [1.54, 1.807) is 23.1 Å². The predicted octanol–water partition coefficient (Wildman–Crippen LogP) is 3.26. The van der Waals surface area contributed by atoms with E-state index in [4.69, 9.17) is 0 Å². The Morgan fingerprint density at radius 3 is 2.42 bits per heavy atom. The molecule has 208 valence electrons. The molecule has 1 unspecified atom stereocenters. The second kappa shape index (κ2) is 11.0. The Labute approximate surface area is 232 Å². The van der Waals surface area contributed by atoms with Gasteiger partial charge in [0.1, 0.15) is 11.9 Å². The van der Waals surface area contributed by atoms with Crippen LogP contribution in [0.2, 0.25) is 0 Å². The van der Waals surface area contributed by atoms with Gasteiger partial charge in [-0.15, -0.1) is 0 Å². The minimum absolute atomic E-state index is 0.0877. The van der Waals surface area contributed by atoms with E-state index in [1.807, 2.05) is 17.0 Å². The molecule has 3 heterocycles. The molecule has 2 aromatic rings. The molecule has 1 atom stereocenters. The minimum Gasteiger partial charge on any atom is -0.336 e. The van der Waals surface area contributed by atoms with E-state index in [0.29, 0.717) is 38.2 Å². The van der Waals surface area contributed by atoms with Crippen molar-refractivity contribution in [3.63, 3.8) is 0 Å². The van der Waals surface area contributed by atoms with Gasteiger partial charge in [-0.2, -0.15) is 0 Å². The van der Waals surface area contributed by atoms with Gasteiger partial charge in [-0.3, -0.25) is 29.4 Å². The van der Waals surface area contributed by atoms with Gasteiger partial charge in [0.25, 0.3) is 5.91 Å². The number of benzene rings is 2. The summed E-state index contributed by atoms with van der Waals surface area (Å²) in [6, 6.07) is 11.5. The van der Waals surface area contributed by atoms with Gasteiger partial charge in [0.2, 0.25) is 17.7 Å². The summed E-state index contributed by atoms with van der Waals surface area (Å²) in [5.41, 5.74) is 5.44. The molecule has 2 saturated heterocycles. The molecular formula is C31H33FN4O4. The first-order valence-electron chi connectivity index (χ1n) is 14.1. The Kier molecular flexibility index (Phi) is 7.23. The smallest absolute Gasteiger partial charge is 0.255 e. The number of fused-ring (bicyclic) bond motifs is 1. The first-order valence-corrected chi connectivity index (χ1v) is 14.1. The first-order chi connectivity index (χ1) is 19.4. The molecule has 0 spiro atoms. The van der Waals surface area contributed by atoms with Crippen LogP contribution in [0.25, 0.3) is 5.57 Å². The average Bonchev–Trinajstić information content (AvgIpc) is 3.30. The lowest BCUT2D eigenvalue weighted by Crippen LogP contribution is -2.52. The highest BCUT2D eigenvalue weighted by atomic mass is 19.1. The van der Waals surface area contributed by atoms with E-state index in [9.17, 15) is 23.6 Å². The molecule has 0 bridgehead atoms. The van der Waals surface area contributed by atoms with Crippen LogP contribution in [0.1, 0.15) is 65.6 Å². The van der Waals surface area contributed by atoms with E-state index in [-0.39, 0.29) is 30.0 Å². The van der Waals surface area contributed by atoms with Crippen LogP contribution in [-0.2, 0) is 27.5 Å². The quantitative estimate of drug-likeness (QED) is 0.584. The first kappa shape index (κ1) is 26.4. The molecule has 2 aromatic carbocycles. The molecule has 6 rings (SSSR count). The Morgan fingerprint density at radius 2 is 1.68 bits per heavy atom. The number of piperazine rings is 1. The number of imide groups is 1. The van der Waals surface area contributed by atoms with Crippen LogP contribution in [0.15, 0.2) is 48.0 Å². The summed E-state index contributed by atoms with van der Waals surface area (Å²) in [6.07, 6.45) is 4.17. The number of halogens is 1. The van der Waals surface area contributed by atoms with Gasteiger partial charge in [0.05, 0.1) is 0 Å². The number of amides is 4. The monoisotopic (exact) mass is 544 g/mol. The summed E-state index contributed by atoms with van der Waals surface area (Å²) in [4.78, 5) is 56.5. The van der Waals surface area contributed by atoms with Crippen LogP contribution >= 0.6 is 0 Å². The molecule has 1 N–H and O–H groups in total. The molecule has 2 fully saturated rings. The molecule has 4 amide bonds. The second-order valence-corrected chi connectivity index (χ2v) is 11.1. The summed E-state index contributed by atoms with van der Waals surface area (Å²) in [6.45, 7) is 3.70. The molecule has 0 saturated carbocycles. The molecule has 9 heteroatoms. The molecule has 3 aliphatic heterocycles. The van der Waals surface area contributed by atoms with Crippen molar-refractivity contribution in [2.24, 2.45) is 0 Å². The van der Waals surface area contributed by atoms with E-state index in [1.165, 1.54) is 12.1 Å². The third kappa shape index (κ3) is 5.06. The lowest BCUT2D eigenvalue weighted by Gasteiger charge is -2.36. The Balaban J connectivity index is 1.11. The van der Waals surface area contributed by atoms with Crippen molar-refractivity contribution in [3.8, 4) is 0 Å². The standard InChI is InChI=1S/C31H33FN4O4/c32-22-10-8-20(9-11-22)23-5-1-2-6-24(23)30(39)35-16-14-34(15-17-35)18-21-4-3-7-25-26(21)19-36(31(25)40)27-12-13-28(37)33-29(27)38/h3-4,7-11,27H,1-2,5-6,12-19H2,(H,33,37,38). The van der Waals surface area contributed by atoms with Crippen LogP contribution in [0, 0.1) is 5.82 Å². The third-order valence-electron chi connectivity index (χ3n) is 8.65. The van der Waals surface area contributed by atoms with Crippen molar-refractivity contribution in [1.29, 1.82) is 0 Å². The highest BCUT2D eigenvalue weighted by Crippen LogP contribution is 2.34. The molecule has 0 radical (unpaired) electrons. The summed E-state index contributed by atoms with van der Waals surface area (Å²) in [5, 5.41) is 2.35. The van der Waals surface area contributed by atoms with Gasteiger partial charge in [-0.05, 0) is 72.6 Å². The topological polar surface area (TPSA) is 90.0 Å². The van der Waals surface area contributed by atoms with Crippen molar-refractivity contribution < 1.29 is 23.6 Å². The van der Waals surface area contributed by atoms with E-state index >= 15 is 0 Å². The summed E-state index contributed by atoms with van der Waals surface area (Å²) >= 11 is 0. The highest BCUT2D eigenvalue weighted by molar-refractivity contribution is 6.05. The van der Waals surface area contributed by atoms with Crippen LogP contribution < -0.4 is 5.32 Å². The second-order valence-electron chi connectivity index (χ2n) is 11.1. The van der Waals surface area contributed by atoms with Gasteiger partial charge in [-0.25, -0.2) is 4.39 Å². The zero-order chi connectivity index (χ0) is 27.8. The number of carbonyl (C=O) groups is 4. The summed E-state index contributed by atoms with van der Waals surface area (Å²) in [5.74, 6) is -1.06. The number of nitrogens with zero attached hydrogens (tertiary/aromatic N) is 3. The van der Waals surface area contributed by atoms with E-state index in [0.717, 1.165) is 66.6 Å². The Bertz CT molecular complexity index is 1390. The van der Waals surface area contributed by atoms with Gasteiger partial charge in [0, 0.05) is 56.8 Å². The van der Waals surface area contributed by atoms with Crippen molar-refractivity contribution >= 4 is 29.2 Å². The summed E-state index contributed by atoms with van der Waals surface area (Å²) in [7, 11) is 0. The molecule has 0 aromatic heterocycles. The van der Waals surface area contributed by atoms with Crippen LogP contribution in [0.3, 0.4) is 0 Å². The van der Waals surface area contributed by atoms with E-state index in [2.05, 4.69) is 10.2 Å². The normalized spacial score (nSPS) is 22.0. The number of allylic oxidation sites excluding steroid dienone is 1. The lowest BCUT2D eigenvalue weighted by molar-refractivity contribution is -0.137. The SMILES string of the molecule is O=C1CCC(N2Cc3c(CN4CCN(C(=O)C5=C(c6ccc(F)cc6)CCCC5)CC4)cccc3C2=O)C(=O)N1. The van der Waals surface area contributed by atoms with Gasteiger partial charge in [0.15, 0.2) is 0 Å². The number of nitrogens with one attached hydrogen (secondary N) is 1. The third-order valence-corrected chi connectivity index (χ3v) is 8.65. The highest BCUT2D eigenvalue weighted by Gasteiger charge is 2.40. The fourth-order valence-corrected chi connectivity index (χ4v) is 6.45. The van der Waals surface area contributed by atoms with Crippen molar-refractivity contribution in [2.75, 3.05) is 26.2 Å². The zero-order valence-electron chi connectivity index (χ0n) is 22.5. The number of carbonyl (C=O) groups excluding carboxylic acids is 4. The fourth-order valence-electron chi connectivity index (χ4n) is 6.45. The minimum atomic E-state index is -0.631. The van der Waals surface area contributed by atoms with Crippen molar-refractivity contribution in [2.45, 2.75) is 57.7 Å². The Hall–Kier alpha value is -3.85. The van der Waals surface area contributed by atoms with Gasteiger partial charge >= 0.3 is 0 Å². The molecule has 8 nitrogen and oxygen atoms in total. The molecular weight excluding hydrogens is 511 g/mol. The maximum atomic E-state index is 13.6. The summed E-state index contributed by atoms with van der Waals surface area (Å²) < 4.78 is 13.5. The maximum Gasteiger partial charge on any atom is 0.255 e. The largest absolute Gasteiger partial charge is 0.336 e. The van der Waals surface area contributed by atoms with Gasteiger partial charge < -0.3 is 9.80 Å². The molecule has 40 heavy (non-hydrogen) atoms.